The first-order valence-corrected chi connectivity index (χ1v) is 6.90. The molecule has 0 saturated carbocycles. The van der Waals surface area contributed by atoms with E-state index in [4.69, 9.17) is 9.47 Å². The first-order chi connectivity index (χ1) is 10.5. The van der Waals surface area contributed by atoms with E-state index in [1.165, 1.54) is 0 Å². The highest BCUT2D eigenvalue weighted by atomic mass is 16.6. The number of benzene rings is 1. The Labute approximate surface area is 126 Å². The number of para-hydroxylation sites is 1. The Morgan fingerprint density at radius 1 is 1.32 bits per heavy atom. The zero-order valence-electron chi connectivity index (χ0n) is 11.6. The number of ether oxygens (including phenoxy) is 2. The highest BCUT2D eigenvalue weighted by molar-refractivity contribution is 5.90. The van der Waals surface area contributed by atoms with Gasteiger partial charge in [0.2, 0.25) is 11.4 Å². The monoisotopic (exact) mass is 308 g/mol. The minimum atomic E-state index is -2.01. The van der Waals surface area contributed by atoms with Crippen LogP contribution in [0.25, 0.3) is 0 Å². The molecule has 7 nitrogen and oxygen atoms in total. The quantitative estimate of drug-likeness (QED) is 0.596. The second-order valence-electron chi connectivity index (χ2n) is 5.33. The van der Waals surface area contributed by atoms with Crippen LogP contribution in [0.4, 0.5) is 0 Å². The number of aryl methyl sites for hydroxylation is 1. The van der Waals surface area contributed by atoms with Crippen LogP contribution in [0.1, 0.15) is 12.0 Å². The number of hydrogen-bond donors (Lipinski definition) is 4. The second-order valence-corrected chi connectivity index (χ2v) is 5.33. The number of rotatable bonds is 3. The molecule has 2 heterocycles. The van der Waals surface area contributed by atoms with Gasteiger partial charge in [-0.1, -0.05) is 18.2 Å². The molecule has 118 valence electrons. The summed E-state index contributed by atoms with van der Waals surface area (Å²) in [5.41, 5.74) is -1.06. The lowest BCUT2D eigenvalue weighted by atomic mass is 9.83. The summed E-state index contributed by atoms with van der Waals surface area (Å²) >= 11 is 0. The number of fused-ring (bicyclic) bond motifs is 1. The van der Waals surface area contributed by atoms with E-state index in [0.29, 0.717) is 18.6 Å². The van der Waals surface area contributed by atoms with Crippen molar-refractivity contribution in [3.05, 3.63) is 41.3 Å². The van der Waals surface area contributed by atoms with Gasteiger partial charge in [0.1, 0.15) is 18.0 Å². The lowest BCUT2D eigenvalue weighted by Gasteiger charge is -2.40. The van der Waals surface area contributed by atoms with E-state index in [-0.39, 0.29) is 0 Å². The first kappa shape index (κ1) is 14.7. The van der Waals surface area contributed by atoms with Crippen molar-refractivity contribution >= 4 is 5.97 Å². The maximum atomic E-state index is 11.6. The highest BCUT2D eigenvalue weighted by Crippen LogP contribution is 2.42. The second kappa shape index (κ2) is 5.19. The normalized spacial score (nSPS) is 28.8. The van der Waals surface area contributed by atoms with E-state index in [1.54, 1.807) is 12.1 Å². The third kappa shape index (κ3) is 1.93. The van der Waals surface area contributed by atoms with Crippen LogP contribution >= 0.6 is 0 Å². The first-order valence-electron chi connectivity index (χ1n) is 6.90. The smallest absolute Gasteiger partial charge is 0.378 e. The lowest BCUT2D eigenvalue weighted by Crippen LogP contribution is -2.58. The van der Waals surface area contributed by atoms with Crippen molar-refractivity contribution in [1.29, 1.82) is 0 Å². The molecule has 4 N–H and O–H groups in total. The Bertz CT molecular complexity index is 639. The number of aliphatic hydroxyl groups is 4. The van der Waals surface area contributed by atoms with Crippen molar-refractivity contribution in [3.8, 4) is 5.75 Å². The van der Waals surface area contributed by atoms with Gasteiger partial charge in [-0.2, -0.15) is 0 Å². The Hall–Kier alpha value is -2.25. The van der Waals surface area contributed by atoms with Crippen LogP contribution in [0.5, 0.6) is 5.75 Å². The molecule has 2 aliphatic heterocycles. The Balaban J connectivity index is 2.01. The molecule has 0 amide bonds. The third-order valence-corrected chi connectivity index (χ3v) is 4.11. The van der Waals surface area contributed by atoms with Crippen molar-refractivity contribution in [2.45, 2.75) is 30.7 Å². The average molecular weight is 308 g/mol. The molecule has 0 aromatic heterocycles. The lowest BCUT2D eigenvalue weighted by molar-refractivity contribution is -0.183. The number of cyclic esters (lactones) is 1. The molecule has 7 heteroatoms. The fourth-order valence-electron chi connectivity index (χ4n) is 2.95. The summed E-state index contributed by atoms with van der Waals surface area (Å²) in [7, 11) is 0. The maximum Gasteiger partial charge on any atom is 0.378 e. The summed E-state index contributed by atoms with van der Waals surface area (Å²) in [6.45, 7) is -0.772. The summed E-state index contributed by atoms with van der Waals surface area (Å²) in [4.78, 5) is 11.6. The molecule has 1 unspecified atom stereocenters. The summed E-state index contributed by atoms with van der Waals surface area (Å²) in [5, 5.41) is 39.1. The predicted octanol–water partition coefficient (Wildman–Crippen LogP) is 0.357. The molecular weight excluding hydrogens is 292 g/mol. The molecule has 0 saturated heterocycles. The fourth-order valence-corrected chi connectivity index (χ4v) is 2.95. The summed E-state index contributed by atoms with van der Waals surface area (Å²) < 4.78 is 10.8. The van der Waals surface area contributed by atoms with Gasteiger partial charge < -0.3 is 29.9 Å². The molecule has 0 aliphatic carbocycles. The van der Waals surface area contributed by atoms with Crippen LogP contribution in [-0.4, -0.2) is 50.8 Å². The van der Waals surface area contributed by atoms with Crippen LogP contribution in [0.3, 0.4) is 0 Å². The largest absolute Gasteiger partial charge is 0.505 e. The van der Waals surface area contributed by atoms with Gasteiger partial charge in [0.15, 0.2) is 5.76 Å². The van der Waals surface area contributed by atoms with Crippen LogP contribution in [0, 0.1) is 0 Å². The number of aliphatic hydroxyl groups excluding tert-OH is 4. The van der Waals surface area contributed by atoms with E-state index in [1.807, 2.05) is 12.1 Å². The molecule has 3 rings (SSSR count). The number of carbonyl (C=O) groups excluding carboxylic acids is 1. The van der Waals surface area contributed by atoms with Crippen molar-refractivity contribution in [3.63, 3.8) is 0 Å². The van der Waals surface area contributed by atoms with Gasteiger partial charge in [-0.05, 0) is 24.5 Å². The highest BCUT2D eigenvalue weighted by Gasteiger charge is 2.60. The van der Waals surface area contributed by atoms with Crippen LogP contribution in [0.15, 0.2) is 35.8 Å². The average Bonchev–Trinajstić information content (AvgIpc) is 2.78. The Kier molecular flexibility index (Phi) is 3.46. The molecule has 0 spiro atoms. The predicted molar refractivity (Wildman–Crippen MR) is 73.4 cm³/mol. The zero-order chi connectivity index (χ0) is 15.9. The van der Waals surface area contributed by atoms with Gasteiger partial charge >= 0.3 is 5.97 Å². The standard InChI is InChI=1S/C15H16O7/c16-7-10(17)15(13(19)12(18)14(20)22-15)11-6-5-8-3-1-2-4-9(8)21-11/h1-4,10-11,16-19H,5-7H2/t10-,11?,15-/m0/s1. The molecule has 22 heavy (non-hydrogen) atoms. The number of carbonyl (C=O) groups is 1. The van der Waals surface area contributed by atoms with Gasteiger partial charge in [-0.25, -0.2) is 4.79 Å². The fraction of sp³-hybridized carbons (Fsp3) is 0.400. The molecule has 3 atom stereocenters. The molecule has 1 aromatic carbocycles. The molecular formula is C15H16O7. The van der Waals surface area contributed by atoms with Gasteiger partial charge in [-0.15, -0.1) is 0 Å². The molecule has 1 aromatic rings. The van der Waals surface area contributed by atoms with E-state index in [9.17, 15) is 25.2 Å². The number of hydrogen-bond acceptors (Lipinski definition) is 7. The Morgan fingerprint density at radius 2 is 2.05 bits per heavy atom. The summed E-state index contributed by atoms with van der Waals surface area (Å²) in [6.07, 6.45) is -1.65. The minimum absolute atomic E-state index is 0.332. The Morgan fingerprint density at radius 3 is 2.68 bits per heavy atom. The summed E-state index contributed by atoms with van der Waals surface area (Å²) in [5.74, 6) is -2.41. The van der Waals surface area contributed by atoms with E-state index >= 15 is 0 Å². The molecule has 0 bridgehead atoms. The van der Waals surface area contributed by atoms with Gasteiger partial charge in [0.25, 0.3) is 0 Å². The molecule has 2 aliphatic rings. The summed E-state index contributed by atoms with van der Waals surface area (Å²) in [6, 6.07) is 7.23. The zero-order valence-corrected chi connectivity index (χ0v) is 11.6. The van der Waals surface area contributed by atoms with Crippen molar-refractivity contribution in [1.82, 2.24) is 0 Å². The van der Waals surface area contributed by atoms with Crippen LogP contribution in [-0.2, 0) is 16.0 Å². The van der Waals surface area contributed by atoms with Crippen LogP contribution < -0.4 is 4.74 Å². The number of esters is 1. The van der Waals surface area contributed by atoms with Crippen molar-refractivity contribution in [2.75, 3.05) is 6.61 Å². The van der Waals surface area contributed by atoms with E-state index in [2.05, 4.69) is 0 Å². The van der Waals surface area contributed by atoms with E-state index < -0.39 is 41.9 Å². The van der Waals surface area contributed by atoms with Crippen molar-refractivity contribution < 1.29 is 34.7 Å². The van der Waals surface area contributed by atoms with Gasteiger partial charge in [0.05, 0.1) is 6.61 Å². The van der Waals surface area contributed by atoms with Crippen LogP contribution in [0.2, 0.25) is 0 Å². The van der Waals surface area contributed by atoms with Crippen molar-refractivity contribution in [2.24, 2.45) is 0 Å². The van der Waals surface area contributed by atoms with Gasteiger partial charge in [-0.3, -0.25) is 0 Å². The third-order valence-electron chi connectivity index (χ3n) is 4.11. The maximum absolute atomic E-state index is 11.6. The van der Waals surface area contributed by atoms with Gasteiger partial charge in [0, 0.05) is 0 Å². The molecule has 0 fully saturated rings. The topological polar surface area (TPSA) is 116 Å². The minimum Gasteiger partial charge on any atom is -0.505 e. The van der Waals surface area contributed by atoms with E-state index in [0.717, 1.165) is 5.56 Å². The SMILES string of the molecule is O=C1O[C@](C2CCc3ccccc3O2)([C@@H](O)CO)C(O)=C1O. The molecule has 0 radical (unpaired) electrons.